The van der Waals surface area contributed by atoms with Crippen LogP contribution in [0.2, 0.25) is 0 Å². The van der Waals surface area contributed by atoms with E-state index in [1.54, 1.807) is 7.11 Å². The fourth-order valence-electron chi connectivity index (χ4n) is 3.76. The number of carbonyl (C=O) groups excluding carboxylic acids is 1. The van der Waals surface area contributed by atoms with Crippen molar-refractivity contribution in [3.8, 4) is 0 Å². The zero-order valence-corrected chi connectivity index (χ0v) is 18.8. The van der Waals surface area contributed by atoms with Crippen molar-refractivity contribution in [1.82, 2.24) is 16.0 Å². The SMILES string of the molecule is CCNC(=NCC1(OC)CCOCC1)NC1CCC(NC(=O)OC(C)(C)C)CC1. The molecule has 2 fully saturated rings. The van der Waals surface area contributed by atoms with Crippen molar-refractivity contribution in [3.05, 3.63) is 0 Å². The van der Waals surface area contributed by atoms with Crippen LogP contribution in [-0.2, 0) is 14.2 Å². The van der Waals surface area contributed by atoms with Crippen LogP contribution < -0.4 is 16.0 Å². The van der Waals surface area contributed by atoms with Crippen molar-refractivity contribution in [3.63, 3.8) is 0 Å². The summed E-state index contributed by atoms with van der Waals surface area (Å²) in [5.41, 5.74) is -0.695. The normalized spacial score (nSPS) is 25.2. The van der Waals surface area contributed by atoms with E-state index in [0.29, 0.717) is 12.6 Å². The van der Waals surface area contributed by atoms with Gasteiger partial charge in [-0.15, -0.1) is 0 Å². The highest BCUT2D eigenvalue weighted by Crippen LogP contribution is 2.25. The molecule has 1 aliphatic carbocycles. The number of rotatable bonds is 6. The van der Waals surface area contributed by atoms with E-state index in [1.807, 2.05) is 20.8 Å². The molecule has 0 spiro atoms. The van der Waals surface area contributed by atoms with Gasteiger partial charge >= 0.3 is 6.09 Å². The smallest absolute Gasteiger partial charge is 0.407 e. The Hall–Kier alpha value is -1.54. The molecule has 0 unspecified atom stereocenters. The topological polar surface area (TPSA) is 93.2 Å². The minimum Gasteiger partial charge on any atom is -0.444 e. The molecular formula is C21H40N4O4. The lowest BCUT2D eigenvalue weighted by Crippen LogP contribution is -2.49. The molecule has 0 radical (unpaired) electrons. The Bertz CT molecular complexity index is 533. The van der Waals surface area contributed by atoms with E-state index in [4.69, 9.17) is 19.2 Å². The first-order valence-corrected chi connectivity index (χ1v) is 10.9. The lowest BCUT2D eigenvalue weighted by Gasteiger charge is -2.35. The number of amides is 1. The van der Waals surface area contributed by atoms with Crippen LogP contribution in [0.15, 0.2) is 4.99 Å². The summed E-state index contributed by atoms with van der Waals surface area (Å²) in [6, 6.07) is 0.513. The number of aliphatic imine (C=N–C) groups is 1. The maximum Gasteiger partial charge on any atom is 0.407 e. The third-order valence-electron chi connectivity index (χ3n) is 5.50. The predicted molar refractivity (Wildman–Crippen MR) is 114 cm³/mol. The summed E-state index contributed by atoms with van der Waals surface area (Å²) in [4.78, 5) is 16.8. The Labute approximate surface area is 175 Å². The Morgan fingerprint density at radius 2 is 1.69 bits per heavy atom. The maximum atomic E-state index is 12.0. The monoisotopic (exact) mass is 412 g/mol. The van der Waals surface area contributed by atoms with Crippen LogP contribution in [0.1, 0.15) is 66.2 Å². The molecule has 3 N–H and O–H groups in total. The van der Waals surface area contributed by atoms with E-state index in [9.17, 15) is 4.79 Å². The van der Waals surface area contributed by atoms with Gasteiger partial charge in [0.1, 0.15) is 5.60 Å². The number of hydrogen-bond acceptors (Lipinski definition) is 5. The van der Waals surface area contributed by atoms with Crippen molar-refractivity contribution in [2.24, 2.45) is 4.99 Å². The largest absolute Gasteiger partial charge is 0.444 e. The first-order chi connectivity index (χ1) is 13.8. The number of carbonyl (C=O) groups is 1. The predicted octanol–water partition coefficient (Wildman–Crippen LogP) is 2.57. The molecule has 0 aromatic carbocycles. The van der Waals surface area contributed by atoms with Crippen LogP contribution in [-0.4, -0.2) is 68.8 Å². The number of alkyl carbamates (subject to hydrolysis) is 1. The van der Waals surface area contributed by atoms with E-state index in [0.717, 1.165) is 64.2 Å². The van der Waals surface area contributed by atoms with Gasteiger partial charge in [0.25, 0.3) is 0 Å². The average molecular weight is 413 g/mol. The highest BCUT2D eigenvalue weighted by atomic mass is 16.6. The molecule has 0 atom stereocenters. The number of nitrogens with one attached hydrogen (secondary N) is 3. The van der Waals surface area contributed by atoms with Gasteiger partial charge in [-0.1, -0.05) is 0 Å². The summed E-state index contributed by atoms with van der Waals surface area (Å²) >= 11 is 0. The summed E-state index contributed by atoms with van der Waals surface area (Å²) in [6.07, 6.45) is 5.22. The van der Waals surface area contributed by atoms with Crippen LogP contribution >= 0.6 is 0 Å². The van der Waals surface area contributed by atoms with Crippen molar-refractivity contribution in [2.45, 2.75) is 89.5 Å². The highest BCUT2D eigenvalue weighted by Gasteiger charge is 2.32. The number of hydrogen-bond donors (Lipinski definition) is 3. The molecule has 0 bridgehead atoms. The summed E-state index contributed by atoms with van der Waals surface area (Å²) < 4.78 is 16.6. The van der Waals surface area contributed by atoms with E-state index in [-0.39, 0.29) is 17.7 Å². The Balaban J connectivity index is 1.81. The zero-order valence-electron chi connectivity index (χ0n) is 18.8. The molecule has 2 rings (SSSR count). The molecule has 2 aliphatic rings. The molecule has 1 amide bonds. The number of nitrogens with zero attached hydrogens (tertiary/aromatic N) is 1. The minimum absolute atomic E-state index is 0.168. The molecule has 29 heavy (non-hydrogen) atoms. The van der Waals surface area contributed by atoms with E-state index in [1.165, 1.54) is 0 Å². The maximum absolute atomic E-state index is 12.0. The first-order valence-electron chi connectivity index (χ1n) is 10.9. The molecule has 0 aromatic rings. The number of guanidine groups is 1. The van der Waals surface area contributed by atoms with Crippen LogP contribution in [0.3, 0.4) is 0 Å². The van der Waals surface area contributed by atoms with Crippen molar-refractivity contribution >= 4 is 12.1 Å². The van der Waals surface area contributed by atoms with E-state index >= 15 is 0 Å². The van der Waals surface area contributed by atoms with E-state index < -0.39 is 5.60 Å². The number of ether oxygens (including phenoxy) is 3. The molecule has 8 nitrogen and oxygen atoms in total. The summed E-state index contributed by atoms with van der Waals surface area (Å²) in [6.45, 7) is 10.6. The molecule has 1 saturated heterocycles. The van der Waals surface area contributed by atoms with Crippen LogP contribution in [0.4, 0.5) is 4.79 Å². The van der Waals surface area contributed by atoms with Gasteiger partial charge in [0.2, 0.25) is 0 Å². The van der Waals surface area contributed by atoms with E-state index in [2.05, 4.69) is 22.9 Å². The lowest BCUT2D eigenvalue weighted by atomic mass is 9.91. The second-order valence-electron chi connectivity index (χ2n) is 9.03. The van der Waals surface area contributed by atoms with Crippen LogP contribution in [0.5, 0.6) is 0 Å². The van der Waals surface area contributed by atoms with Crippen molar-refractivity contribution in [1.29, 1.82) is 0 Å². The van der Waals surface area contributed by atoms with Gasteiger partial charge in [0.15, 0.2) is 5.96 Å². The van der Waals surface area contributed by atoms with Gasteiger partial charge in [0.05, 0.1) is 12.1 Å². The van der Waals surface area contributed by atoms with Crippen molar-refractivity contribution < 1.29 is 19.0 Å². The molecule has 0 aromatic heterocycles. The lowest BCUT2D eigenvalue weighted by molar-refractivity contribution is -0.0828. The minimum atomic E-state index is -0.468. The van der Waals surface area contributed by atoms with Gasteiger partial charge in [-0.05, 0) is 53.4 Å². The second kappa shape index (κ2) is 11.0. The molecule has 8 heteroatoms. The third-order valence-corrected chi connectivity index (χ3v) is 5.50. The van der Waals surface area contributed by atoms with Gasteiger partial charge in [-0.3, -0.25) is 4.99 Å². The Kier molecular flexibility index (Phi) is 9.02. The van der Waals surface area contributed by atoms with Crippen molar-refractivity contribution in [2.75, 3.05) is 33.4 Å². The molecule has 1 heterocycles. The van der Waals surface area contributed by atoms with Gasteiger partial charge in [-0.2, -0.15) is 0 Å². The third kappa shape index (κ3) is 8.38. The standard InChI is InChI=1S/C21H40N4O4/c1-6-22-18(23-15-21(27-5)11-13-28-14-12-21)24-16-7-9-17(10-8-16)25-19(26)29-20(2,3)4/h16-17H,6-15H2,1-5H3,(H,25,26)(H2,22,23,24). The summed E-state index contributed by atoms with van der Waals surface area (Å²) in [5.74, 6) is 0.832. The van der Waals surface area contributed by atoms with Crippen LogP contribution in [0, 0.1) is 0 Å². The fourth-order valence-corrected chi connectivity index (χ4v) is 3.76. The molecular weight excluding hydrogens is 372 g/mol. The number of methoxy groups -OCH3 is 1. The quantitative estimate of drug-likeness (QED) is 0.459. The summed E-state index contributed by atoms with van der Waals surface area (Å²) in [5, 5.41) is 9.89. The van der Waals surface area contributed by atoms with Gasteiger partial charge < -0.3 is 30.2 Å². The molecule has 1 saturated carbocycles. The Morgan fingerprint density at radius 3 is 2.21 bits per heavy atom. The fraction of sp³-hybridized carbons (Fsp3) is 0.905. The zero-order chi connectivity index (χ0) is 21.3. The molecule has 168 valence electrons. The van der Waals surface area contributed by atoms with Gasteiger partial charge in [-0.25, -0.2) is 4.79 Å². The highest BCUT2D eigenvalue weighted by molar-refractivity contribution is 5.80. The second-order valence-corrected chi connectivity index (χ2v) is 9.03. The van der Waals surface area contributed by atoms with Gasteiger partial charge in [0, 0.05) is 51.8 Å². The van der Waals surface area contributed by atoms with Crippen LogP contribution in [0.25, 0.3) is 0 Å². The first kappa shape index (κ1) is 23.7. The average Bonchev–Trinajstić information content (AvgIpc) is 2.67. The molecule has 1 aliphatic heterocycles. The Morgan fingerprint density at radius 1 is 1.10 bits per heavy atom. The summed E-state index contributed by atoms with van der Waals surface area (Å²) in [7, 11) is 1.76.